The van der Waals surface area contributed by atoms with E-state index in [2.05, 4.69) is 13.9 Å². The number of methoxy groups -OCH3 is 1. The number of isocyanates is 1. The minimum atomic E-state index is -4.68. The maximum absolute atomic E-state index is 12.1. The van der Waals surface area contributed by atoms with Crippen LogP contribution in [0.1, 0.15) is 9.67 Å². The molecule has 0 bridgehead atoms. The first-order valence-electron chi connectivity index (χ1n) is 4.32. The lowest BCUT2D eigenvalue weighted by Crippen LogP contribution is -2.09. The van der Waals surface area contributed by atoms with Crippen LogP contribution in [0.4, 0.5) is 8.78 Å². The third-order valence-corrected chi connectivity index (χ3v) is 4.02. The average molecular weight is 313 g/mol. The van der Waals surface area contributed by atoms with Crippen LogP contribution in [0, 0.1) is 0 Å². The minimum absolute atomic E-state index is 0.502. The van der Waals surface area contributed by atoms with Crippen molar-refractivity contribution < 1.29 is 36.3 Å². The van der Waals surface area contributed by atoms with Crippen molar-refractivity contribution in [3.8, 4) is 5.75 Å². The van der Waals surface area contributed by atoms with Crippen LogP contribution in [-0.4, -0.2) is 34.2 Å². The molecule has 1 aromatic heterocycles. The highest BCUT2D eigenvalue weighted by Gasteiger charge is 2.31. The van der Waals surface area contributed by atoms with Crippen LogP contribution < -0.4 is 4.74 Å². The Hall–Kier alpha value is -1.84. The second-order valence-electron chi connectivity index (χ2n) is 2.79. The van der Waals surface area contributed by atoms with E-state index in [1.54, 1.807) is 0 Å². The molecule has 104 valence electrons. The molecule has 19 heavy (non-hydrogen) atoms. The van der Waals surface area contributed by atoms with Gasteiger partial charge in [0.25, 0.3) is 16.1 Å². The van der Waals surface area contributed by atoms with Gasteiger partial charge in [-0.25, -0.2) is 9.59 Å². The lowest BCUT2D eigenvalue weighted by Gasteiger charge is -2.05. The van der Waals surface area contributed by atoms with Crippen LogP contribution in [-0.2, 0) is 19.6 Å². The normalized spacial score (nSPS) is 10.9. The maximum atomic E-state index is 12.1. The molecule has 0 aliphatic carbocycles. The van der Waals surface area contributed by atoms with Gasteiger partial charge in [-0.05, 0) is 0 Å². The number of hydrogen-bond acceptors (Lipinski definition) is 7. The molecular weight excluding hydrogens is 308 g/mol. The molecule has 0 fully saturated rings. The van der Waals surface area contributed by atoms with E-state index >= 15 is 0 Å². The number of carbonyl (C=O) groups is 1. The van der Waals surface area contributed by atoms with E-state index in [0.29, 0.717) is 11.3 Å². The molecule has 0 atom stereocenters. The summed E-state index contributed by atoms with van der Waals surface area (Å²) >= 11 is 0.502. The number of ether oxygens (including phenoxy) is 2. The van der Waals surface area contributed by atoms with E-state index in [1.807, 2.05) is 0 Å². The van der Waals surface area contributed by atoms with Gasteiger partial charge in [-0.1, -0.05) is 4.40 Å². The Kier molecular flexibility index (Phi) is 4.70. The summed E-state index contributed by atoms with van der Waals surface area (Å²) in [5, 5.41) is 0.867. The van der Waals surface area contributed by atoms with Crippen LogP contribution in [0.15, 0.2) is 14.7 Å². The topological polar surface area (TPSA) is 99.1 Å². The predicted octanol–water partition coefficient (Wildman–Crippen LogP) is 1.16. The van der Waals surface area contributed by atoms with Gasteiger partial charge in [-0.2, -0.15) is 17.2 Å². The van der Waals surface area contributed by atoms with Crippen molar-refractivity contribution in [2.75, 3.05) is 7.11 Å². The summed E-state index contributed by atoms with van der Waals surface area (Å²) in [5.74, 6) is -1.88. The fourth-order valence-electron chi connectivity index (χ4n) is 1.08. The summed E-state index contributed by atoms with van der Waals surface area (Å²) in [6.45, 7) is -3.31. The van der Waals surface area contributed by atoms with Gasteiger partial charge in [0.15, 0.2) is 10.6 Å². The van der Waals surface area contributed by atoms with Crippen LogP contribution in [0.2, 0.25) is 0 Å². The van der Waals surface area contributed by atoms with Crippen LogP contribution >= 0.6 is 11.3 Å². The van der Waals surface area contributed by atoms with Crippen molar-refractivity contribution in [2.45, 2.75) is 11.5 Å². The minimum Gasteiger partial charge on any atom is -0.465 e. The molecule has 0 amide bonds. The molecular formula is C8H5F2NO6S2. The van der Waals surface area contributed by atoms with Gasteiger partial charge < -0.3 is 9.47 Å². The molecule has 0 N–H and O–H groups in total. The van der Waals surface area contributed by atoms with E-state index in [-0.39, 0.29) is 0 Å². The van der Waals surface area contributed by atoms with Crippen molar-refractivity contribution in [1.29, 1.82) is 0 Å². The predicted molar refractivity (Wildman–Crippen MR) is 57.6 cm³/mol. The number of carbonyl (C=O) groups excluding carboxylic acids is 2. The van der Waals surface area contributed by atoms with Gasteiger partial charge in [-0.15, -0.1) is 11.3 Å². The Balaban J connectivity index is 3.50. The van der Waals surface area contributed by atoms with Gasteiger partial charge in [0.1, 0.15) is 4.88 Å². The van der Waals surface area contributed by atoms with Crippen molar-refractivity contribution in [3.63, 3.8) is 0 Å². The fraction of sp³-hybridized carbons (Fsp3) is 0.250. The third-order valence-electron chi connectivity index (χ3n) is 1.72. The summed E-state index contributed by atoms with van der Waals surface area (Å²) in [5.41, 5.74) is 0. The number of halogens is 2. The van der Waals surface area contributed by atoms with E-state index in [9.17, 15) is 26.8 Å². The zero-order valence-corrected chi connectivity index (χ0v) is 10.8. The zero-order valence-electron chi connectivity index (χ0n) is 9.12. The largest absolute Gasteiger partial charge is 0.465 e. The van der Waals surface area contributed by atoms with Crippen molar-refractivity contribution in [1.82, 2.24) is 0 Å². The van der Waals surface area contributed by atoms with Gasteiger partial charge in [-0.3, -0.25) is 0 Å². The fourth-order valence-corrected chi connectivity index (χ4v) is 3.27. The Morgan fingerprint density at radius 3 is 2.63 bits per heavy atom. The lowest BCUT2D eigenvalue weighted by molar-refractivity contribution is -0.0514. The van der Waals surface area contributed by atoms with E-state index in [0.717, 1.165) is 18.6 Å². The average Bonchev–Trinajstić information content (AvgIpc) is 2.71. The second-order valence-corrected chi connectivity index (χ2v) is 5.21. The summed E-state index contributed by atoms with van der Waals surface area (Å²) < 4.78 is 58.2. The summed E-state index contributed by atoms with van der Waals surface area (Å²) in [7, 11) is -3.71. The number of rotatable bonds is 5. The van der Waals surface area contributed by atoms with Gasteiger partial charge in [0.2, 0.25) is 0 Å². The summed E-state index contributed by atoms with van der Waals surface area (Å²) in [4.78, 5) is 19.9. The molecule has 0 aliphatic rings. The smallest absolute Gasteiger partial charge is 0.387 e. The van der Waals surface area contributed by atoms with Crippen LogP contribution in [0.3, 0.4) is 0 Å². The molecule has 0 aromatic carbocycles. The number of hydrogen-bond donors (Lipinski definition) is 0. The SMILES string of the molecule is COC(=O)c1scc(OC(F)F)c1S(=O)(=O)N=C=O. The van der Waals surface area contributed by atoms with Crippen molar-refractivity contribution in [3.05, 3.63) is 10.3 Å². The van der Waals surface area contributed by atoms with Crippen molar-refractivity contribution >= 4 is 33.4 Å². The van der Waals surface area contributed by atoms with Gasteiger partial charge in [0, 0.05) is 5.38 Å². The molecule has 1 aromatic rings. The van der Waals surface area contributed by atoms with Crippen molar-refractivity contribution in [2.24, 2.45) is 4.40 Å². The van der Waals surface area contributed by atoms with Crippen LogP contribution in [0.25, 0.3) is 0 Å². The van der Waals surface area contributed by atoms with Gasteiger partial charge in [0.05, 0.1) is 7.11 Å². The highest BCUT2D eigenvalue weighted by atomic mass is 32.2. The molecule has 7 nitrogen and oxygen atoms in total. The molecule has 0 unspecified atom stereocenters. The number of alkyl halides is 2. The Morgan fingerprint density at radius 2 is 2.16 bits per heavy atom. The summed E-state index contributed by atoms with van der Waals surface area (Å²) in [6.07, 6.45) is 0.757. The van der Waals surface area contributed by atoms with Crippen LogP contribution in [0.5, 0.6) is 5.75 Å². The Morgan fingerprint density at radius 1 is 1.53 bits per heavy atom. The van der Waals surface area contributed by atoms with E-state index in [4.69, 9.17) is 0 Å². The molecule has 0 aliphatic heterocycles. The maximum Gasteiger partial charge on any atom is 0.387 e. The van der Waals surface area contributed by atoms with E-state index in [1.165, 1.54) is 0 Å². The third kappa shape index (κ3) is 3.34. The molecule has 11 heteroatoms. The molecule has 1 heterocycles. The zero-order chi connectivity index (χ0) is 14.6. The first kappa shape index (κ1) is 15.2. The molecule has 1 rings (SSSR count). The first-order chi connectivity index (χ1) is 8.83. The highest BCUT2D eigenvalue weighted by molar-refractivity contribution is 7.90. The highest BCUT2D eigenvalue weighted by Crippen LogP contribution is 2.36. The lowest BCUT2D eigenvalue weighted by atomic mass is 10.4. The summed E-state index contributed by atoms with van der Waals surface area (Å²) in [6, 6.07) is 0. The number of thiophene rings is 1. The monoisotopic (exact) mass is 313 g/mol. The first-order valence-corrected chi connectivity index (χ1v) is 6.64. The molecule has 0 saturated heterocycles. The quantitative estimate of drug-likeness (QED) is 0.459. The standard InChI is InChI=1S/C8H5F2NO6S2/c1-16-7(13)5-6(19(14,15)11-3-12)4(2-18-5)17-8(9)10/h2,8H,1H3. The molecule has 0 spiro atoms. The number of sulfonamides is 1. The molecule has 0 saturated carbocycles. The van der Waals surface area contributed by atoms with E-state index < -0.39 is 38.1 Å². The Labute approximate surface area is 109 Å². The Bertz CT molecular complexity index is 632. The molecule has 0 radical (unpaired) electrons. The number of nitrogens with zero attached hydrogens (tertiary/aromatic N) is 1. The van der Waals surface area contributed by atoms with Gasteiger partial charge >= 0.3 is 12.6 Å². The second kappa shape index (κ2) is 5.87. The number of esters is 1.